The van der Waals surface area contributed by atoms with Crippen LogP contribution in [0.2, 0.25) is 0 Å². The molecule has 0 unspecified atom stereocenters. The molecule has 77 valence electrons. The molecular formula is C10H10LrN2-2. The van der Waals surface area contributed by atoms with Gasteiger partial charge < -0.3 is 9.80 Å². The average molecular weight is 420 g/mol. The van der Waals surface area contributed by atoms with Gasteiger partial charge in [-0.1, -0.05) is 0 Å². The summed E-state index contributed by atoms with van der Waals surface area (Å²) in [7, 11) is 2.00. The molecule has 0 N–H and O–H groups in total. The number of rotatable bonds is 1. The van der Waals surface area contributed by atoms with Crippen molar-refractivity contribution in [2.75, 3.05) is 11.9 Å². The summed E-state index contributed by atoms with van der Waals surface area (Å²) in [6.07, 6.45) is 4.01. The molecule has 1 aromatic carbocycles. The predicted octanol–water partition coefficient (Wildman–Crippen LogP) is 1.83. The van der Waals surface area contributed by atoms with E-state index in [4.69, 9.17) is 0 Å². The zero-order valence-electron chi connectivity index (χ0n) is 7.19. The van der Waals surface area contributed by atoms with Gasteiger partial charge in [0.1, 0.15) is 0 Å². The summed E-state index contributed by atoms with van der Waals surface area (Å²) in [5.74, 6) is 0. The summed E-state index contributed by atoms with van der Waals surface area (Å²) in [6, 6.07) is 11.1. The first kappa shape index (κ1) is 8.65. The summed E-state index contributed by atoms with van der Waals surface area (Å²) in [5, 5.41) is 0. The molecule has 1 heterocycles. The fraction of sp³-hybridized carbons (Fsp3) is 0.100. The third-order valence-electron chi connectivity index (χ3n) is 1.74. The SMILES string of the molecule is CN1C=CN(c2[c-]cccc2)[CH-]1.[Lr]. The molecule has 0 atom stereocenters. The van der Waals surface area contributed by atoms with E-state index in [1.807, 2.05) is 60.2 Å². The molecule has 2 rings (SSSR count). The van der Waals surface area contributed by atoms with E-state index in [0.717, 1.165) is 5.69 Å². The second-order valence-corrected chi connectivity index (χ2v) is 2.73. The Labute approximate surface area is 72.7 Å². The van der Waals surface area contributed by atoms with Gasteiger partial charge in [-0.15, -0.1) is 5.69 Å². The third kappa shape index (κ3) is 1.59. The molecule has 1 aliphatic rings. The van der Waals surface area contributed by atoms with E-state index in [2.05, 4.69) is 6.07 Å². The number of benzene rings is 1. The van der Waals surface area contributed by atoms with Gasteiger partial charge in [-0.25, -0.2) is 0 Å². The normalized spacial score (nSPS) is 14.5. The van der Waals surface area contributed by atoms with Crippen LogP contribution in [0, 0.1) is 12.7 Å². The molecule has 0 spiro atoms. The summed E-state index contributed by atoms with van der Waals surface area (Å²) in [6.45, 7) is 2.01. The Morgan fingerprint density at radius 1 is 1.31 bits per heavy atom. The molecular weight excluding hydrogens is 410 g/mol. The second kappa shape index (κ2) is 3.30. The van der Waals surface area contributed by atoms with Gasteiger partial charge >= 0.3 is 0 Å². The van der Waals surface area contributed by atoms with Gasteiger partial charge in [-0.2, -0.15) is 37.0 Å². The van der Waals surface area contributed by atoms with Crippen molar-refractivity contribution in [3.8, 4) is 0 Å². The molecule has 1 radical (unpaired) electrons. The van der Waals surface area contributed by atoms with Crippen LogP contribution >= 0.6 is 0 Å². The Kier molecular flexibility index (Phi) is 2.20. The Morgan fingerprint density at radius 3 is 2.69 bits per heavy atom. The standard InChI is InChI=1S/C10H10N2.Lr/c1-11-7-8-12(9-11)10-5-3-2-4-6-10;/h2-5,7-9H,1H3;/q-2;. The fourth-order valence-electron chi connectivity index (χ4n) is 1.14. The first-order chi connectivity index (χ1) is 5.86. The molecule has 0 saturated carbocycles. The van der Waals surface area contributed by atoms with Crippen molar-refractivity contribution in [3.05, 3.63) is 49.4 Å². The van der Waals surface area contributed by atoms with Crippen LogP contribution < -0.4 is 4.90 Å². The van der Waals surface area contributed by atoms with Gasteiger partial charge in [0.25, 0.3) is 0 Å². The van der Waals surface area contributed by atoms with E-state index < -0.39 is 0 Å². The molecule has 0 aliphatic carbocycles. The minimum absolute atomic E-state index is 0. The molecule has 0 saturated heterocycles. The fourth-order valence-corrected chi connectivity index (χ4v) is 1.14. The van der Waals surface area contributed by atoms with Crippen LogP contribution in [-0.4, -0.2) is 11.9 Å². The van der Waals surface area contributed by atoms with Gasteiger partial charge in [0, 0.05) is 0 Å². The third-order valence-corrected chi connectivity index (χ3v) is 1.74. The van der Waals surface area contributed by atoms with Crippen LogP contribution in [0.1, 0.15) is 0 Å². The van der Waals surface area contributed by atoms with Crippen LogP contribution in [0.15, 0.2) is 36.7 Å². The zero-order valence-corrected chi connectivity index (χ0v) is 9.34. The summed E-state index contributed by atoms with van der Waals surface area (Å²) in [4.78, 5) is 4.03. The topological polar surface area (TPSA) is 6.48 Å². The smallest absolute Gasteiger partial charge is 0 e. The molecule has 0 amide bonds. The van der Waals surface area contributed by atoms with Gasteiger partial charge in [-0.05, 0) is 19.4 Å². The maximum Gasteiger partial charge on any atom is 0 e. The van der Waals surface area contributed by atoms with Gasteiger partial charge in [0.05, 0.1) is 0 Å². The minimum atomic E-state index is 0. The minimum Gasteiger partial charge on any atom is -0.510 e. The first-order valence-electron chi connectivity index (χ1n) is 3.86. The van der Waals surface area contributed by atoms with Crippen molar-refractivity contribution in [1.82, 2.24) is 4.90 Å². The Balaban J connectivity index is 0.000000845. The van der Waals surface area contributed by atoms with Crippen molar-refractivity contribution in [2.45, 2.75) is 0 Å². The summed E-state index contributed by atoms with van der Waals surface area (Å²) in [5.41, 5.74) is 1.07. The monoisotopic (exact) mass is 420 g/mol. The summed E-state index contributed by atoms with van der Waals surface area (Å²) >= 11 is 0. The average Bonchev–Trinajstić information content (AvgIpc) is 2.54. The van der Waals surface area contributed by atoms with E-state index >= 15 is 0 Å². The maximum atomic E-state index is 3.15. The number of nitrogens with zero attached hydrogens (tertiary/aromatic N) is 2. The van der Waals surface area contributed by atoms with Crippen LogP contribution in [-0.2, 0) is 0 Å². The number of hydrogen-bond donors (Lipinski definition) is 0. The van der Waals surface area contributed by atoms with Gasteiger partial charge in [0.15, 0.2) is 0 Å². The Hall–Kier alpha value is -2.44. The Bertz CT molecular complexity index is 284. The predicted molar refractivity (Wildman–Crippen MR) is 49.0 cm³/mol. The number of hydrogen-bond acceptors (Lipinski definition) is 2. The van der Waals surface area contributed by atoms with Crippen molar-refractivity contribution in [2.24, 2.45) is 0 Å². The van der Waals surface area contributed by atoms with E-state index in [0.29, 0.717) is 0 Å². The molecule has 2 nitrogen and oxygen atoms in total. The molecule has 3 heteroatoms. The van der Waals surface area contributed by atoms with Crippen LogP contribution in [0.3, 0.4) is 0 Å². The zero-order chi connectivity index (χ0) is 8.39. The van der Waals surface area contributed by atoms with Crippen molar-refractivity contribution in [1.29, 1.82) is 0 Å². The maximum absolute atomic E-state index is 3.15. The van der Waals surface area contributed by atoms with Crippen molar-refractivity contribution in [3.63, 3.8) is 0 Å². The van der Waals surface area contributed by atoms with Crippen molar-refractivity contribution >= 4 is 5.69 Å². The van der Waals surface area contributed by atoms with Crippen LogP contribution in [0.4, 0.5) is 5.69 Å². The quantitative estimate of drug-likeness (QED) is 0.640. The first-order valence-corrected chi connectivity index (χ1v) is 3.86. The molecule has 0 aromatic heterocycles. The molecule has 13 heavy (non-hydrogen) atoms. The van der Waals surface area contributed by atoms with E-state index in [1.54, 1.807) is 0 Å². The van der Waals surface area contributed by atoms with Crippen LogP contribution in [0.25, 0.3) is 0 Å². The largest absolute Gasteiger partial charge is 0.510 e. The van der Waals surface area contributed by atoms with Crippen LogP contribution in [0.5, 0.6) is 0 Å². The molecule has 1 aliphatic heterocycles. The molecule has 0 bridgehead atoms. The van der Waals surface area contributed by atoms with Gasteiger partial charge in [0.2, 0.25) is 0 Å². The van der Waals surface area contributed by atoms with E-state index in [9.17, 15) is 0 Å². The number of anilines is 1. The Morgan fingerprint density at radius 2 is 2.15 bits per heavy atom. The van der Waals surface area contributed by atoms with E-state index in [-0.39, 0.29) is 0 Å². The second-order valence-electron chi connectivity index (χ2n) is 2.73. The number of para-hydroxylation sites is 1. The van der Waals surface area contributed by atoms with E-state index in [1.165, 1.54) is 0 Å². The molecule has 0 fully saturated rings. The summed E-state index contributed by atoms with van der Waals surface area (Å²) < 4.78 is 0. The molecule has 1 aromatic rings. The van der Waals surface area contributed by atoms with Gasteiger partial charge in [-0.3, -0.25) is 0 Å². The van der Waals surface area contributed by atoms with Crippen molar-refractivity contribution < 1.29 is 0 Å².